The third-order valence-corrected chi connectivity index (χ3v) is 5.79. The average Bonchev–Trinajstić information content (AvgIpc) is 3.09. The zero-order chi connectivity index (χ0) is 15.8. The summed E-state index contributed by atoms with van der Waals surface area (Å²) >= 11 is 1.80. The highest BCUT2D eigenvalue weighted by atomic mass is 32.1. The molecule has 0 radical (unpaired) electrons. The highest BCUT2D eigenvalue weighted by Crippen LogP contribution is 2.34. The summed E-state index contributed by atoms with van der Waals surface area (Å²) in [5, 5.41) is 2.34. The van der Waals surface area contributed by atoms with Crippen LogP contribution in [0, 0.1) is 6.92 Å². The quantitative estimate of drug-likeness (QED) is 0.723. The van der Waals surface area contributed by atoms with Gasteiger partial charge in [-0.15, -0.1) is 11.3 Å². The molecule has 1 aromatic carbocycles. The molecule has 0 spiro atoms. The predicted octanol–water partition coefficient (Wildman–Crippen LogP) is 4.05. The highest BCUT2D eigenvalue weighted by Gasteiger charge is 2.17. The van der Waals surface area contributed by atoms with E-state index < -0.39 is 0 Å². The van der Waals surface area contributed by atoms with Crippen LogP contribution in [0.25, 0.3) is 21.3 Å². The van der Waals surface area contributed by atoms with Crippen molar-refractivity contribution < 1.29 is 4.74 Å². The van der Waals surface area contributed by atoms with Crippen LogP contribution >= 0.6 is 11.3 Å². The number of hydrogen-bond acceptors (Lipinski definition) is 4. The van der Waals surface area contributed by atoms with Gasteiger partial charge >= 0.3 is 0 Å². The molecule has 5 heteroatoms. The van der Waals surface area contributed by atoms with Gasteiger partial charge in [0.15, 0.2) is 0 Å². The van der Waals surface area contributed by atoms with Gasteiger partial charge in [-0.2, -0.15) is 0 Å². The van der Waals surface area contributed by atoms with Gasteiger partial charge in [0.25, 0.3) is 0 Å². The van der Waals surface area contributed by atoms with Crippen LogP contribution in [0.5, 0.6) is 5.75 Å². The van der Waals surface area contributed by atoms with E-state index >= 15 is 0 Å². The van der Waals surface area contributed by atoms with Crippen LogP contribution in [0.15, 0.2) is 18.2 Å². The first kappa shape index (κ1) is 15.0. The van der Waals surface area contributed by atoms with E-state index in [0.717, 1.165) is 29.4 Å². The Morgan fingerprint density at radius 3 is 2.78 bits per heavy atom. The van der Waals surface area contributed by atoms with Gasteiger partial charge < -0.3 is 14.2 Å². The highest BCUT2D eigenvalue weighted by molar-refractivity contribution is 7.18. The molecule has 122 valence electrons. The molecule has 0 N–H and O–H groups in total. The molecule has 3 aromatic rings. The van der Waals surface area contributed by atoms with Gasteiger partial charge in [0.05, 0.1) is 17.6 Å². The second-order valence-corrected chi connectivity index (χ2v) is 7.51. The Hall–Kier alpha value is -1.59. The molecular formula is C18H23N3OS. The van der Waals surface area contributed by atoms with Crippen molar-refractivity contribution in [2.45, 2.75) is 32.7 Å². The van der Waals surface area contributed by atoms with Crippen molar-refractivity contribution in [2.75, 3.05) is 26.7 Å². The topological polar surface area (TPSA) is 30.3 Å². The lowest BCUT2D eigenvalue weighted by molar-refractivity contribution is 0.222. The van der Waals surface area contributed by atoms with Crippen molar-refractivity contribution in [1.29, 1.82) is 0 Å². The fraction of sp³-hybridized carbons (Fsp3) is 0.500. The molecule has 0 unspecified atom stereocenters. The number of likely N-dealkylation sites (tertiary alicyclic amines) is 1. The number of aryl methyl sites for hydroxylation is 1. The molecule has 1 aliphatic heterocycles. The normalized spacial score (nSPS) is 16.4. The van der Waals surface area contributed by atoms with Crippen LogP contribution in [0.4, 0.5) is 0 Å². The van der Waals surface area contributed by atoms with Crippen molar-refractivity contribution in [3.05, 3.63) is 23.2 Å². The third kappa shape index (κ3) is 2.72. The van der Waals surface area contributed by atoms with Crippen molar-refractivity contribution in [2.24, 2.45) is 0 Å². The largest absolute Gasteiger partial charge is 0.497 e. The summed E-state index contributed by atoms with van der Waals surface area (Å²) in [5.74, 6) is 0.901. The monoisotopic (exact) mass is 329 g/mol. The summed E-state index contributed by atoms with van der Waals surface area (Å²) < 4.78 is 7.85. The van der Waals surface area contributed by atoms with Crippen LogP contribution in [0.2, 0.25) is 0 Å². The molecule has 0 atom stereocenters. The summed E-state index contributed by atoms with van der Waals surface area (Å²) in [6.07, 6.45) is 4.08. The maximum absolute atomic E-state index is 5.40. The van der Waals surface area contributed by atoms with Crippen molar-refractivity contribution in [3.63, 3.8) is 0 Å². The van der Waals surface area contributed by atoms with Crippen LogP contribution in [-0.2, 0) is 6.54 Å². The van der Waals surface area contributed by atoms with E-state index in [4.69, 9.17) is 9.72 Å². The number of piperidine rings is 1. The molecule has 2 aromatic heterocycles. The second-order valence-electron chi connectivity index (χ2n) is 6.32. The maximum atomic E-state index is 5.40. The van der Waals surface area contributed by atoms with E-state index in [1.165, 1.54) is 48.1 Å². The third-order valence-electron chi connectivity index (χ3n) is 4.80. The molecule has 4 rings (SSSR count). The van der Waals surface area contributed by atoms with E-state index in [1.807, 2.05) is 0 Å². The summed E-state index contributed by atoms with van der Waals surface area (Å²) in [6, 6.07) is 6.35. The fourth-order valence-corrected chi connectivity index (χ4v) is 4.57. The van der Waals surface area contributed by atoms with Crippen LogP contribution in [-0.4, -0.2) is 41.2 Å². The van der Waals surface area contributed by atoms with E-state index in [1.54, 1.807) is 18.4 Å². The first-order chi connectivity index (χ1) is 11.3. The van der Waals surface area contributed by atoms with Gasteiger partial charge in [-0.05, 0) is 51.1 Å². The molecule has 4 nitrogen and oxygen atoms in total. The summed E-state index contributed by atoms with van der Waals surface area (Å²) in [7, 11) is 1.72. The molecule has 0 amide bonds. The molecule has 1 fully saturated rings. The van der Waals surface area contributed by atoms with Crippen molar-refractivity contribution in [1.82, 2.24) is 14.5 Å². The van der Waals surface area contributed by atoms with Gasteiger partial charge in [0, 0.05) is 18.5 Å². The van der Waals surface area contributed by atoms with Crippen LogP contribution in [0.1, 0.15) is 24.3 Å². The maximum Gasteiger partial charge on any atom is 0.124 e. The molecule has 23 heavy (non-hydrogen) atoms. The van der Waals surface area contributed by atoms with Gasteiger partial charge in [-0.25, -0.2) is 4.98 Å². The van der Waals surface area contributed by atoms with E-state index in [9.17, 15) is 0 Å². The molecule has 1 saturated heterocycles. The lowest BCUT2D eigenvalue weighted by Gasteiger charge is -2.26. The lowest BCUT2D eigenvalue weighted by Crippen LogP contribution is -2.32. The summed E-state index contributed by atoms with van der Waals surface area (Å²) in [5.41, 5.74) is 2.40. The summed E-state index contributed by atoms with van der Waals surface area (Å²) in [4.78, 5) is 8.65. The number of rotatable bonds is 4. The molecule has 0 bridgehead atoms. The number of nitrogens with zero attached hydrogens (tertiary/aromatic N) is 3. The second kappa shape index (κ2) is 6.13. The molecule has 0 aliphatic carbocycles. The van der Waals surface area contributed by atoms with Gasteiger partial charge in [-0.3, -0.25) is 0 Å². The number of fused-ring (bicyclic) bond motifs is 3. The zero-order valence-electron chi connectivity index (χ0n) is 13.8. The SMILES string of the molecule is COc1ccc2c(c1)c1nc(C)sc1n2CCN1CCCCC1. The minimum absolute atomic E-state index is 0.901. The van der Waals surface area contributed by atoms with Gasteiger partial charge in [-0.1, -0.05) is 6.42 Å². The molecule has 3 heterocycles. The lowest BCUT2D eigenvalue weighted by atomic mass is 10.1. The Morgan fingerprint density at radius 2 is 2.00 bits per heavy atom. The number of benzene rings is 1. The zero-order valence-corrected chi connectivity index (χ0v) is 14.7. The Bertz CT molecular complexity index is 830. The standard InChI is InChI=1S/C18H23N3OS/c1-13-19-17-15-12-14(22-2)6-7-16(15)21(18(17)23-13)11-10-20-8-4-3-5-9-20/h6-7,12H,3-5,8-11H2,1-2H3. The summed E-state index contributed by atoms with van der Waals surface area (Å²) in [6.45, 7) is 6.75. The fourth-order valence-electron chi connectivity index (χ4n) is 3.60. The average molecular weight is 329 g/mol. The first-order valence-corrected chi connectivity index (χ1v) is 9.23. The minimum atomic E-state index is 0.901. The van der Waals surface area contributed by atoms with E-state index in [2.05, 4.69) is 34.6 Å². The van der Waals surface area contributed by atoms with E-state index in [-0.39, 0.29) is 0 Å². The van der Waals surface area contributed by atoms with E-state index in [0.29, 0.717) is 0 Å². The Labute approximate surface area is 140 Å². The number of aromatic nitrogens is 2. The Balaban J connectivity index is 1.73. The smallest absolute Gasteiger partial charge is 0.124 e. The van der Waals surface area contributed by atoms with Gasteiger partial charge in [0.2, 0.25) is 0 Å². The molecule has 1 aliphatic rings. The number of ether oxygens (including phenoxy) is 1. The minimum Gasteiger partial charge on any atom is -0.497 e. The van der Waals surface area contributed by atoms with Crippen molar-refractivity contribution >= 4 is 32.6 Å². The molecular weight excluding hydrogens is 306 g/mol. The molecule has 0 saturated carbocycles. The Kier molecular flexibility index (Phi) is 3.99. The van der Waals surface area contributed by atoms with Crippen LogP contribution < -0.4 is 4.74 Å². The van der Waals surface area contributed by atoms with Crippen LogP contribution in [0.3, 0.4) is 0 Å². The van der Waals surface area contributed by atoms with Crippen molar-refractivity contribution in [3.8, 4) is 5.75 Å². The first-order valence-electron chi connectivity index (χ1n) is 8.42. The number of thiazole rings is 1. The van der Waals surface area contributed by atoms with Gasteiger partial charge in [0.1, 0.15) is 16.1 Å². The predicted molar refractivity (Wildman–Crippen MR) is 96.7 cm³/mol. The number of hydrogen-bond donors (Lipinski definition) is 0. The Morgan fingerprint density at radius 1 is 1.17 bits per heavy atom. The number of methoxy groups -OCH3 is 1.